The molecule has 0 saturated heterocycles. The van der Waals surface area contributed by atoms with Crippen molar-refractivity contribution in [2.24, 2.45) is 17.3 Å². The fourth-order valence-electron chi connectivity index (χ4n) is 11.5. The molecule has 4 N–H and O–H groups in total. The van der Waals surface area contributed by atoms with Crippen LogP contribution in [0.1, 0.15) is 130 Å². The zero-order valence-corrected chi connectivity index (χ0v) is 41.6. The van der Waals surface area contributed by atoms with Crippen LogP contribution in [0.2, 0.25) is 0 Å². The molecule has 6 rings (SSSR count). The van der Waals surface area contributed by atoms with Crippen molar-refractivity contribution in [1.29, 1.82) is 0 Å². The lowest BCUT2D eigenvalue weighted by Gasteiger charge is -2.52. The van der Waals surface area contributed by atoms with Gasteiger partial charge in [-0.3, -0.25) is 9.59 Å². The van der Waals surface area contributed by atoms with Crippen LogP contribution in [0.15, 0.2) is 48.5 Å². The van der Waals surface area contributed by atoms with Crippen LogP contribution in [0.5, 0.6) is 34.5 Å². The van der Waals surface area contributed by atoms with Crippen molar-refractivity contribution >= 4 is 36.4 Å². The van der Waals surface area contributed by atoms with Gasteiger partial charge in [0, 0.05) is 10.8 Å². The van der Waals surface area contributed by atoms with Gasteiger partial charge in [0.25, 0.3) is 0 Å². The van der Waals surface area contributed by atoms with Gasteiger partial charge in [-0.25, -0.2) is 19.2 Å². The van der Waals surface area contributed by atoms with Crippen LogP contribution in [-0.4, -0.2) is 97.5 Å². The van der Waals surface area contributed by atoms with Crippen molar-refractivity contribution in [3.63, 3.8) is 0 Å². The summed E-state index contributed by atoms with van der Waals surface area (Å²) in [5.41, 5.74) is 4.99. The number of methoxy groups -OCH3 is 2. The third-order valence-electron chi connectivity index (χ3n) is 15.1. The molecule has 0 heterocycles. The second-order valence-corrected chi connectivity index (χ2v) is 19.6. The number of rotatable bonds is 22. The average Bonchev–Trinajstić information content (AvgIpc) is 3.33. The maximum atomic E-state index is 12.6. The number of carboxylic acids is 4. The molecule has 16 nitrogen and oxygen atoms in total. The molecule has 2 aliphatic rings. The van der Waals surface area contributed by atoms with Gasteiger partial charge < -0.3 is 48.8 Å². The number of carboxylic acid groups (broad SMARTS) is 4. The van der Waals surface area contributed by atoms with Crippen LogP contribution in [0.4, 0.5) is 0 Å². The summed E-state index contributed by atoms with van der Waals surface area (Å²) in [6.07, 6.45) is 7.18. The SMILES string of the molecule is COc1cc(C2(c3cc(C)c(OCC(=O)O)c(OC)c3)CCC(C(C)(C)C3CCC(c4cc(C)c(OCC(=O)O)c(C=O)c4)(c4cc(C)c(OCC(=O)O)c(C=O)c4)CC3)CC2)cc(C)c1OCC(=O)O. The number of hydrogen-bond acceptors (Lipinski definition) is 12. The molecule has 4 aromatic carbocycles. The normalized spacial score (nSPS) is 15.8. The first-order valence-electron chi connectivity index (χ1n) is 23.6. The minimum Gasteiger partial charge on any atom is -0.493 e. The predicted molar refractivity (Wildman–Crippen MR) is 260 cm³/mol. The van der Waals surface area contributed by atoms with Gasteiger partial charge in [-0.1, -0.05) is 38.1 Å². The summed E-state index contributed by atoms with van der Waals surface area (Å²) in [6.45, 7) is 9.57. The molecule has 71 heavy (non-hydrogen) atoms. The predicted octanol–water partition coefficient (Wildman–Crippen LogP) is 9.10. The van der Waals surface area contributed by atoms with Crippen LogP contribution in [0.25, 0.3) is 0 Å². The zero-order valence-electron chi connectivity index (χ0n) is 41.6. The van der Waals surface area contributed by atoms with E-state index >= 15 is 0 Å². The monoisotopic (exact) mass is 980 g/mol. The van der Waals surface area contributed by atoms with Gasteiger partial charge in [0.2, 0.25) is 0 Å². The second kappa shape index (κ2) is 21.9. The molecular weight excluding hydrogens is 917 g/mol. The van der Waals surface area contributed by atoms with Gasteiger partial charge in [0.15, 0.2) is 62.0 Å². The molecule has 0 aromatic heterocycles. The summed E-state index contributed by atoms with van der Waals surface area (Å²) in [5.74, 6) is -2.28. The molecule has 16 heteroatoms. The Kier molecular flexibility index (Phi) is 16.4. The minimum atomic E-state index is -1.18. The highest BCUT2D eigenvalue weighted by Crippen LogP contribution is 2.58. The lowest BCUT2D eigenvalue weighted by Crippen LogP contribution is -2.43. The topological polar surface area (TPSA) is 239 Å². The number of aryl methyl sites for hydroxylation is 4. The Labute approximate surface area is 413 Å². The Hall–Kier alpha value is -7.10. The van der Waals surface area contributed by atoms with Crippen LogP contribution in [0.3, 0.4) is 0 Å². The highest BCUT2D eigenvalue weighted by atomic mass is 16.5. The first-order chi connectivity index (χ1) is 33.6. The number of carbonyl (C=O) groups excluding carboxylic acids is 2. The maximum absolute atomic E-state index is 12.6. The summed E-state index contributed by atoms with van der Waals surface area (Å²) in [6, 6.07) is 15.2. The van der Waals surface area contributed by atoms with E-state index in [1.807, 2.05) is 50.2 Å². The molecule has 4 aromatic rings. The molecule has 0 unspecified atom stereocenters. The molecule has 2 fully saturated rings. The van der Waals surface area contributed by atoms with Crippen molar-refractivity contribution in [1.82, 2.24) is 0 Å². The van der Waals surface area contributed by atoms with E-state index < -0.39 is 61.1 Å². The standard InChI is InChI=1S/C55H64O16/c1-31-17-39(21-35(25-56)49(31)68-27-45(58)59)54(40-18-32(2)50(36(22-40)26-57)69-28-46(60)61)13-9-37(10-14-54)53(5,6)38-11-15-55(16-12-38,41-19-33(3)51(43(23-41)66-7)70-29-47(62)63)42-20-34(4)52(44(24-42)67-8)71-30-48(64)65/h17-26,37-38H,9-16,27-30H2,1-8H3,(H,58,59)(H,60,61)(H,62,63)(H,64,65). The molecular formula is C55H64O16. The van der Waals surface area contributed by atoms with E-state index in [-0.39, 0.29) is 39.9 Å². The van der Waals surface area contributed by atoms with Crippen molar-refractivity contribution in [2.45, 2.75) is 104 Å². The summed E-state index contributed by atoms with van der Waals surface area (Å²) >= 11 is 0. The maximum Gasteiger partial charge on any atom is 0.341 e. The van der Waals surface area contributed by atoms with Crippen molar-refractivity contribution in [2.75, 3.05) is 40.6 Å². The largest absolute Gasteiger partial charge is 0.493 e. The Bertz CT molecular complexity index is 2520. The fraction of sp³-hybridized carbons (Fsp3) is 0.455. The Balaban J connectivity index is 1.38. The number of ether oxygens (including phenoxy) is 6. The molecule has 0 bridgehead atoms. The first-order valence-corrected chi connectivity index (χ1v) is 23.6. The van der Waals surface area contributed by atoms with Crippen LogP contribution in [-0.2, 0) is 30.0 Å². The van der Waals surface area contributed by atoms with E-state index in [0.717, 1.165) is 47.9 Å². The molecule has 0 atom stereocenters. The van der Waals surface area contributed by atoms with Gasteiger partial charge in [-0.2, -0.15) is 0 Å². The van der Waals surface area contributed by atoms with Gasteiger partial charge in [-0.05, 0) is 165 Å². The summed E-state index contributed by atoms with van der Waals surface area (Å²) in [5, 5.41) is 37.6. The lowest BCUT2D eigenvalue weighted by atomic mass is 9.53. The van der Waals surface area contributed by atoms with Gasteiger partial charge in [0.05, 0.1) is 25.3 Å². The van der Waals surface area contributed by atoms with Crippen molar-refractivity contribution < 1.29 is 77.6 Å². The highest BCUT2D eigenvalue weighted by Gasteiger charge is 2.49. The van der Waals surface area contributed by atoms with Crippen molar-refractivity contribution in [3.8, 4) is 34.5 Å². The van der Waals surface area contributed by atoms with Gasteiger partial charge in [0.1, 0.15) is 11.5 Å². The Morgan fingerprint density at radius 2 is 0.761 bits per heavy atom. The number of benzene rings is 4. The zero-order chi connectivity index (χ0) is 52.0. The first kappa shape index (κ1) is 53.3. The summed E-state index contributed by atoms with van der Waals surface area (Å²) < 4.78 is 34.3. The number of aliphatic carboxylic acids is 4. The van der Waals surface area contributed by atoms with Crippen molar-refractivity contribution in [3.05, 3.63) is 104 Å². The number of hydrogen-bond donors (Lipinski definition) is 4. The summed E-state index contributed by atoms with van der Waals surface area (Å²) in [7, 11) is 3.03. The highest BCUT2D eigenvalue weighted by molar-refractivity contribution is 5.83. The Morgan fingerprint density at radius 3 is 1.03 bits per heavy atom. The van der Waals surface area contributed by atoms with E-state index in [9.17, 15) is 49.2 Å². The lowest BCUT2D eigenvalue weighted by molar-refractivity contribution is -0.140. The van der Waals surface area contributed by atoms with Crippen LogP contribution < -0.4 is 28.4 Å². The third-order valence-corrected chi connectivity index (χ3v) is 15.1. The quantitative estimate of drug-likeness (QED) is 0.0537. The molecule has 0 aliphatic heterocycles. The fourth-order valence-corrected chi connectivity index (χ4v) is 11.5. The molecule has 380 valence electrons. The Morgan fingerprint density at radius 1 is 0.493 bits per heavy atom. The third kappa shape index (κ3) is 11.1. The van der Waals surface area contributed by atoms with Crippen LogP contribution >= 0.6 is 0 Å². The van der Waals surface area contributed by atoms with Crippen LogP contribution in [0, 0.1) is 44.9 Å². The molecule has 2 aliphatic carbocycles. The van der Waals surface area contributed by atoms with E-state index in [4.69, 9.17) is 28.4 Å². The molecule has 2 saturated carbocycles. The molecule has 0 amide bonds. The molecule has 0 spiro atoms. The van der Waals surface area contributed by atoms with E-state index in [1.165, 1.54) is 14.2 Å². The average molecular weight is 981 g/mol. The smallest absolute Gasteiger partial charge is 0.341 e. The van der Waals surface area contributed by atoms with E-state index in [2.05, 4.69) is 13.8 Å². The number of aldehydes is 2. The van der Waals surface area contributed by atoms with Gasteiger partial charge in [-0.15, -0.1) is 0 Å². The second-order valence-electron chi connectivity index (χ2n) is 19.6. The van der Waals surface area contributed by atoms with E-state index in [1.54, 1.807) is 26.0 Å². The van der Waals surface area contributed by atoms with Gasteiger partial charge >= 0.3 is 23.9 Å². The van der Waals surface area contributed by atoms with E-state index in [0.29, 0.717) is 83.5 Å². The minimum absolute atomic E-state index is 0.179. The molecule has 0 radical (unpaired) electrons. The number of carbonyl (C=O) groups is 6. The summed E-state index contributed by atoms with van der Waals surface area (Å²) in [4.78, 5) is 71.2.